The number of anilines is 1. The Balaban J connectivity index is 1.87. The number of carbonyl (C=O) groups excluding carboxylic acids is 1. The van der Waals surface area contributed by atoms with Crippen LogP contribution in [0.25, 0.3) is 0 Å². The Labute approximate surface area is 182 Å². The van der Waals surface area contributed by atoms with Gasteiger partial charge in [-0.1, -0.05) is 18.2 Å². The molecule has 1 amide bonds. The van der Waals surface area contributed by atoms with Crippen molar-refractivity contribution in [3.8, 4) is 11.5 Å². The van der Waals surface area contributed by atoms with E-state index in [1.54, 1.807) is 30.3 Å². The van der Waals surface area contributed by atoms with Crippen molar-refractivity contribution < 1.29 is 19.2 Å². The van der Waals surface area contributed by atoms with E-state index in [1.165, 1.54) is 7.11 Å². The number of fused-ring (bicyclic) bond motifs is 2. The second-order valence-corrected chi connectivity index (χ2v) is 8.32. The van der Waals surface area contributed by atoms with Crippen molar-refractivity contribution in [3.63, 3.8) is 0 Å². The predicted molar refractivity (Wildman–Crippen MR) is 115 cm³/mol. The second-order valence-electron chi connectivity index (χ2n) is 7.46. The first-order chi connectivity index (χ1) is 14.3. The Bertz CT molecular complexity index is 1030. The molecule has 4 atom stereocenters. The van der Waals surface area contributed by atoms with Gasteiger partial charge in [-0.05, 0) is 53.5 Å². The lowest BCUT2D eigenvalue weighted by atomic mass is 9.78. The number of nitrogens with zero attached hydrogens (tertiary/aromatic N) is 1. The molecule has 0 radical (unpaired) electrons. The van der Waals surface area contributed by atoms with Crippen LogP contribution in [0, 0.1) is 10.1 Å². The first kappa shape index (κ1) is 20.6. The second kappa shape index (κ2) is 7.55. The molecule has 8 nitrogen and oxygen atoms in total. The number of methoxy groups -OCH3 is 1. The van der Waals surface area contributed by atoms with Crippen molar-refractivity contribution in [1.82, 2.24) is 5.32 Å². The van der Waals surface area contributed by atoms with Gasteiger partial charge in [-0.3, -0.25) is 20.2 Å². The maximum Gasteiger partial charge on any atom is 0.256 e. The van der Waals surface area contributed by atoms with Gasteiger partial charge in [-0.2, -0.15) is 0 Å². The summed E-state index contributed by atoms with van der Waals surface area (Å²) >= 11 is 3.50. The van der Waals surface area contributed by atoms with Crippen LogP contribution in [0.1, 0.15) is 30.9 Å². The van der Waals surface area contributed by atoms with E-state index in [1.807, 2.05) is 19.9 Å². The highest BCUT2D eigenvalue weighted by atomic mass is 79.9. The van der Waals surface area contributed by atoms with E-state index in [0.717, 1.165) is 0 Å². The molecule has 0 unspecified atom stereocenters. The lowest BCUT2D eigenvalue weighted by molar-refractivity contribution is -0.532. The zero-order valence-corrected chi connectivity index (χ0v) is 18.4. The summed E-state index contributed by atoms with van der Waals surface area (Å²) in [6, 6.07) is 9.13. The lowest BCUT2D eigenvalue weighted by Gasteiger charge is -2.25. The number of halogens is 1. The maximum absolute atomic E-state index is 13.1. The summed E-state index contributed by atoms with van der Waals surface area (Å²) in [5, 5.41) is 18.5. The van der Waals surface area contributed by atoms with Gasteiger partial charge in [0.25, 0.3) is 11.9 Å². The molecule has 1 saturated heterocycles. The van der Waals surface area contributed by atoms with Gasteiger partial charge in [-0.15, -0.1) is 0 Å². The molecule has 1 spiro atoms. The van der Waals surface area contributed by atoms with E-state index in [9.17, 15) is 14.9 Å². The summed E-state index contributed by atoms with van der Waals surface area (Å²) in [7, 11) is 1.53. The van der Waals surface area contributed by atoms with Crippen LogP contribution in [0.2, 0.25) is 0 Å². The van der Waals surface area contributed by atoms with Crippen LogP contribution in [0.3, 0.4) is 0 Å². The fraction of sp³-hybridized carbons (Fsp3) is 0.381. The lowest BCUT2D eigenvalue weighted by Crippen LogP contribution is -2.54. The molecule has 0 aliphatic carbocycles. The van der Waals surface area contributed by atoms with E-state index in [-0.39, 0.29) is 11.0 Å². The Hall–Kier alpha value is -2.65. The molecule has 2 heterocycles. The molecule has 2 aliphatic heterocycles. The highest BCUT2D eigenvalue weighted by Gasteiger charge is 2.67. The first-order valence-corrected chi connectivity index (χ1v) is 10.5. The maximum atomic E-state index is 13.1. The number of nitro groups is 1. The van der Waals surface area contributed by atoms with Gasteiger partial charge >= 0.3 is 0 Å². The van der Waals surface area contributed by atoms with Gasteiger partial charge in [0, 0.05) is 22.2 Å². The average molecular weight is 476 g/mol. The first-order valence-electron chi connectivity index (χ1n) is 9.67. The Morgan fingerprint density at radius 2 is 2.03 bits per heavy atom. The number of para-hydroxylation sites is 1. The molecule has 1 fully saturated rings. The summed E-state index contributed by atoms with van der Waals surface area (Å²) < 4.78 is 11.8. The summed E-state index contributed by atoms with van der Waals surface area (Å²) in [6.45, 7) is 4.18. The van der Waals surface area contributed by atoms with Crippen LogP contribution in [0.15, 0.2) is 40.9 Å². The van der Waals surface area contributed by atoms with Gasteiger partial charge in [0.05, 0.1) is 24.1 Å². The van der Waals surface area contributed by atoms with Crippen LogP contribution >= 0.6 is 15.9 Å². The number of amides is 1. The van der Waals surface area contributed by atoms with Crippen molar-refractivity contribution in [2.75, 3.05) is 19.0 Å². The number of hydrogen-bond donors (Lipinski definition) is 2. The van der Waals surface area contributed by atoms with E-state index in [4.69, 9.17) is 9.47 Å². The predicted octanol–water partition coefficient (Wildman–Crippen LogP) is 3.42. The highest BCUT2D eigenvalue weighted by molar-refractivity contribution is 9.10. The van der Waals surface area contributed by atoms with Gasteiger partial charge in [-0.25, -0.2) is 0 Å². The van der Waals surface area contributed by atoms with Crippen LogP contribution in [-0.4, -0.2) is 36.6 Å². The Morgan fingerprint density at radius 3 is 2.70 bits per heavy atom. The molecule has 30 heavy (non-hydrogen) atoms. The van der Waals surface area contributed by atoms with E-state index in [0.29, 0.717) is 39.4 Å². The SMILES string of the molecule is CCOc1c(Br)cc([C@@H]2[C@H](C)N[C@]3(C(=O)Nc4ccccc43)[C@@H]2[N+](=O)[O-])cc1OC. The minimum Gasteiger partial charge on any atom is -0.493 e. The molecule has 0 bridgehead atoms. The Morgan fingerprint density at radius 1 is 1.30 bits per heavy atom. The number of benzene rings is 2. The third-order valence-electron chi connectivity index (χ3n) is 5.89. The zero-order chi connectivity index (χ0) is 21.6. The van der Waals surface area contributed by atoms with E-state index >= 15 is 0 Å². The van der Waals surface area contributed by atoms with Crippen molar-refractivity contribution in [1.29, 1.82) is 0 Å². The summed E-state index contributed by atoms with van der Waals surface area (Å²) in [5.41, 5.74) is 0.448. The molecule has 2 aromatic rings. The number of nitrogens with one attached hydrogen (secondary N) is 2. The Kier molecular flexibility index (Phi) is 5.19. The van der Waals surface area contributed by atoms with E-state index < -0.39 is 23.4 Å². The molecule has 2 aromatic carbocycles. The third kappa shape index (κ3) is 2.87. The number of carbonyl (C=O) groups is 1. The van der Waals surface area contributed by atoms with Crippen molar-refractivity contribution >= 4 is 27.5 Å². The van der Waals surface area contributed by atoms with Crippen LogP contribution in [0.4, 0.5) is 5.69 Å². The average Bonchev–Trinajstić information content (AvgIpc) is 3.18. The van der Waals surface area contributed by atoms with Crippen LogP contribution in [-0.2, 0) is 10.3 Å². The van der Waals surface area contributed by atoms with Gasteiger partial charge < -0.3 is 14.8 Å². The summed E-state index contributed by atoms with van der Waals surface area (Å²) in [6.07, 6.45) is 0. The molecule has 0 saturated carbocycles. The monoisotopic (exact) mass is 475 g/mol. The van der Waals surface area contributed by atoms with Gasteiger partial charge in [0.15, 0.2) is 17.0 Å². The van der Waals surface area contributed by atoms with E-state index in [2.05, 4.69) is 26.6 Å². The standard InChI is InChI=1S/C21H22BrN3O5/c1-4-30-18-14(22)9-12(10-16(18)29-3)17-11(2)24-21(19(17)25(27)28)13-7-5-6-8-15(13)23-20(21)26/h5-11,17,19,24H,4H2,1-3H3,(H,23,26)/t11-,17-,19+,21-/m0/s1. The molecular formula is C21H22BrN3O5. The molecule has 4 rings (SSSR count). The van der Waals surface area contributed by atoms with Crippen LogP contribution in [0.5, 0.6) is 11.5 Å². The molecular weight excluding hydrogens is 454 g/mol. The zero-order valence-electron chi connectivity index (χ0n) is 16.8. The fourth-order valence-corrected chi connectivity index (χ4v) is 5.34. The number of rotatable bonds is 5. The largest absolute Gasteiger partial charge is 0.493 e. The van der Waals surface area contributed by atoms with Gasteiger partial charge in [0.2, 0.25) is 0 Å². The minimum atomic E-state index is -1.44. The molecule has 2 aliphatic rings. The smallest absolute Gasteiger partial charge is 0.256 e. The van der Waals surface area contributed by atoms with Crippen molar-refractivity contribution in [3.05, 3.63) is 62.1 Å². The topological polar surface area (TPSA) is 103 Å². The molecule has 2 N–H and O–H groups in total. The van der Waals surface area contributed by atoms with Crippen LogP contribution < -0.4 is 20.1 Å². The van der Waals surface area contributed by atoms with Gasteiger partial charge in [0.1, 0.15) is 0 Å². The molecule has 9 heteroatoms. The summed E-state index contributed by atoms with van der Waals surface area (Å²) in [4.78, 5) is 25.1. The molecule has 0 aromatic heterocycles. The van der Waals surface area contributed by atoms with Crippen molar-refractivity contribution in [2.45, 2.75) is 37.4 Å². The quantitative estimate of drug-likeness (QED) is 0.507. The summed E-state index contributed by atoms with van der Waals surface area (Å²) in [5.74, 6) is 0.0425. The number of hydrogen-bond acceptors (Lipinski definition) is 6. The number of ether oxygens (including phenoxy) is 2. The highest BCUT2D eigenvalue weighted by Crippen LogP contribution is 2.51. The third-order valence-corrected chi connectivity index (χ3v) is 6.48. The normalized spacial score (nSPS) is 27.1. The van der Waals surface area contributed by atoms with Crippen molar-refractivity contribution in [2.24, 2.45) is 0 Å². The minimum absolute atomic E-state index is 0.341. The molecule has 158 valence electrons. The fourth-order valence-electron chi connectivity index (χ4n) is 4.77.